The van der Waals surface area contributed by atoms with Gasteiger partial charge in [-0.25, -0.2) is 9.59 Å². The molecular formula is C16H24O9S. The topological polar surface area (TPSA) is 133 Å². The van der Waals surface area contributed by atoms with Gasteiger partial charge in [0.1, 0.15) is 18.6 Å². The van der Waals surface area contributed by atoms with Crippen LogP contribution < -0.4 is 0 Å². The van der Waals surface area contributed by atoms with Crippen LogP contribution in [-0.2, 0) is 38.7 Å². The fourth-order valence-corrected chi connectivity index (χ4v) is 1.92. The standard InChI is InChI=1S/C16H24O9S/c1-11(2)13(17)24-9-16(5,10-25-14(18)12(3)4)15(19)23-7-6-8-26(20,21)22/h1,3,6-10H2,2,4-5H3,(H,20,21,22). The number of rotatable bonds is 11. The van der Waals surface area contributed by atoms with Gasteiger partial charge in [-0.2, -0.15) is 8.42 Å². The maximum Gasteiger partial charge on any atom is 0.333 e. The number of hydrogen-bond donors (Lipinski definition) is 1. The van der Waals surface area contributed by atoms with Crippen molar-refractivity contribution in [2.24, 2.45) is 5.41 Å². The summed E-state index contributed by atoms with van der Waals surface area (Å²) in [6, 6.07) is 0. The predicted molar refractivity (Wildman–Crippen MR) is 91.6 cm³/mol. The third kappa shape index (κ3) is 9.33. The number of hydrogen-bond acceptors (Lipinski definition) is 8. The second kappa shape index (κ2) is 10.1. The summed E-state index contributed by atoms with van der Waals surface area (Å²) < 4.78 is 44.8. The van der Waals surface area contributed by atoms with Crippen molar-refractivity contribution in [3.8, 4) is 0 Å². The average molecular weight is 392 g/mol. The highest BCUT2D eigenvalue weighted by Gasteiger charge is 2.38. The van der Waals surface area contributed by atoms with Crippen LogP contribution in [0.3, 0.4) is 0 Å². The van der Waals surface area contributed by atoms with Crippen LogP contribution in [0, 0.1) is 5.41 Å². The predicted octanol–water partition coefficient (Wildman–Crippen LogP) is 1.05. The number of esters is 3. The fraction of sp³-hybridized carbons (Fsp3) is 0.562. The van der Waals surface area contributed by atoms with Crippen LogP contribution in [0.4, 0.5) is 0 Å². The van der Waals surface area contributed by atoms with E-state index in [-0.39, 0.29) is 24.2 Å². The summed E-state index contributed by atoms with van der Waals surface area (Å²) >= 11 is 0. The van der Waals surface area contributed by atoms with Crippen LogP contribution in [0.2, 0.25) is 0 Å². The zero-order chi connectivity index (χ0) is 20.5. The average Bonchev–Trinajstić information content (AvgIpc) is 2.52. The smallest absolute Gasteiger partial charge is 0.333 e. The Morgan fingerprint density at radius 2 is 1.38 bits per heavy atom. The molecule has 0 atom stereocenters. The first-order valence-electron chi connectivity index (χ1n) is 7.56. The molecule has 0 aliphatic heterocycles. The van der Waals surface area contributed by atoms with E-state index in [0.29, 0.717) is 0 Å². The van der Waals surface area contributed by atoms with Gasteiger partial charge in [0.2, 0.25) is 0 Å². The Hall–Kier alpha value is -2.20. The molecule has 0 aliphatic carbocycles. The minimum absolute atomic E-state index is 0.118. The Labute approximate surface area is 152 Å². The number of ether oxygens (including phenoxy) is 3. The molecule has 9 nitrogen and oxygen atoms in total. The van der Waals surface area contributed by atoms with Gasteiger partial charge in [-0.05, 0) is 27.2 Å². The van der Waals surface area contributed by atoms with E-state index in [2.05, 4.69) is 13.2 Å². The summed E-state index contributed by atoms with van der Waals surface area (Å²) in [6.45, 7) is 9.85. The van der Waals surface area contributed by atoms with Crippen molar-refractivity contribution in [1.29, 1.82) is 0 Å². The maximum atomic E-state index is 12.3. The van der Waals surface area contributed by atoms with Crippen molar-refractivity contribution >= 4 is 28.0 Å². The van der Waals surface area contributed by atoms with Crippen LogP contribution in [0.1, 0.15) is 27.2 Å². The quantitative estimate of drug-likeness (QED) is 0.180. The molecule has 10 heteroatoms. The number of carbonyl (C=O) groups is 3. The molecule has 0 fully saturated rings. The van der Waals surface area contributed by atoms with Gasteiger partial charge in [-0.15, -0.1) is 0 Å². The van der Waals surface area contributed by atoms with Crippen molar-refractivity contribution in [2.75, 3.05) is 25.6 Å². The molecule has 0 aromatic carbocycles. The van der Waals surface area contributed by atoms with Crippen LogP contribution in [-0.4, -0.2) is 56.5 Å². The minimum atomic E-state index is -4.17. The lowest BCUT2D eigenvalue weighted by Crippen LogP contribution is -2.40. The molecule has 0 rings (SSSR count). The van der Waals surface area contributed by atoms with Crippen molar-refractivity contribution in [3.63, 3.8) is 0 Å². The lowest BCUT2D eigenvalue weighted by molar-refractivity contribution is -0.168. The van der Waals surface area contributed by atoms with Gasteiger partial charge >= 0.3 is 17.9 Å². The van der Waals surface area contributed by atoms with Crippen molar-refractivity contribution in [3.05, 3.63) is 24.3 Å². The van der Waals surface area contributed by atoms with Gasteiger partial charge in [0.05, 0.1) is 12.4 Å². The van der Waals surface area contributed by atoms with E-state index >= 15 is 0 Å². The Kier molecular flexibility index (Phi) is 9.22. The van der Waals surface area contributed by atoms with Crippen molar-refractivity contribution in [1.82, 2.24) is 0 Å². The molecule has 0 aromatic heterocycles. The molecule has 0 saturated carbocycles. The van der Waals surface area contributed by atoms with Gasteiger partial charge in [0.25, 0.3) is 10.1 Å². The SMILES string of the molecule is C=C(C)C(=O)OCC(C)(COC(=O)C(=C)C)C(=O)OCCCS(=O)(=O)O. The Morgan fingerprint density at radius 1 is 0.962 bits per heavy atom. The Morgan fingerprint density at radius 3 is 1.73 bits per heavy atom. The van der Waals surface area contributed by atoms with Gasteiger partial charge in [0, 0.05) is 11.1 Å². The summed E-state index contributed by atoms with van der Waals surface area (Å²) in [4.78, 5) is 35.4. The van der Waals surface area contributed by atoms with Crippen LogP contribution in [0.25, 0.3) is 0 Å². The molecule has 26 heavy (non-hydrogen) atoms. The molecule has 0 aliphatic rings. The first kappa shape index (κ1) is 23.8. The monoisotopic (exact) mass is 392 g/mol. The van der Waals surface area contributed by atoms with E-state index in [0.717, 1.165) is 0 Å². The molecule has 0 amide bonds. The Bertz CT molecular complexity index is 646. The highest BCUT2D eigenvalue weighted by molar-refractivity contribution is 7.85. The molecule has 0 heterocycles. The second-order valence-corrected chi connectivity index (χ2v) is 7.62. The third-order valence-electron chi connectivity index (χ3n) is 3.01. The van der Waals surface area contributed by atoms with Crippen molar-refractivity contribution in [2.45, 2.75) is 27.2 Å². The van der Waals surface area contributed by atoms with Crippen LogP contribution in [0.15, 0.2) is 24.3 Å². The molecule has 0 bridgehead atoms. The minimum Gasteiger partial charge on any atom is -0.465 e. The molecule has 1 N–H and O–H groups in total. The highest BCUT2D eigenvalue weighted by atomic mass is 32.2. The molecule has 148 valence electrons. The summed E-state index contributed by atoms with van der Waals surface area (Å²) in [5.41, 5.74) is -1.28. The van der Waals surface area contributed by atoms with Gasteiger partial charge in [0.15, 0.2) is 0 Å². The molecule has 0 unspecified atom stereocenters. The van der Waals surface area contributed by atoms with Gasteiger partial charge < -0.3 is 14.2 Å². The molecule has 0 radical (unpaired) electrons. The van der Waals surface area contributed by atoms with Gasteiger partial charge in [-0.3, -0.25) is 9.35 Å². The van der Waals surface area contributed by atoms with Crippen LogP contribution in [0.5, 0.6) is 0 Å². The first-order valence-corrected chi connectivity index (χ1v) is 9.17. The summed E-state index contributed by atoms with van der Waals surface area (Å²) in [6.07, 6.45) is -0.127. The largest absolute Gasteiger partial charge is 0.465 e. The lowest BCUT2D eigenvalue weighted by Gasteiger charge is -2.26. The fourth-order valence-electron chi connectivity index (χ4n) is 1.44. The van der Waals surface area contributed by atoms with E-state index in [1.54, 1.807) is 0 Å². The zero-order valence-corrected chi connectivity index (χ0v) is 15.9. The van der Waals surface area contributed by atoms with E-state index in [1.807, 2.05) is 0 Å². The van der Waals surface area contributed by atoms with E-state index in [1.165, 1.54) is 20.8 Å². The molecule has 0 aromatic rings. The van der Waals surface area contributed by atoms with E-state index < -0.39 is 52.4 Å². The normalized spacial score (nSPS) is 11.4. The van der Waals surface area contributed by atoms with Crippen molar-refractivity contribution < 1.29 is 41.6 Å². The molecule has 0 spiro atoms. The van der Waals surface area contributed by atoms with E-state index in [9.17, 15) is 22.8 Å². The molecular weight excluding hydrogens is 368 g/mol. The first-order chi connectivity index (χ1) is 11.8. The van der Waals surface area contributed by atoms with E-state index in [4.69, 9.17) is 18.8 Å². The molecule has 0 saturated heterocycles. The second-order valence-electron chi connectivity index (χ2n) is 6.05. The summed E-state index contributed by atoms with van der Waals surface area (Å²) in [5.74, 6) is -2.91. The lowest BCUT2D eigenvalue weighted by atomic mass is 9.93. The summed E-state index contributed by atoms with van der Waals surface area (Å²) in [7, 11) is -4.17. The highest BCUT2D eigenvalue weighted by Crippen LogP contribution is 2.21. The van der Waals surface area contributed by atoms with Crippen LogP contribution >= 0.6 is 0 Å². The third-order valence-corrected chi connectivity index (χ3v) is 3.82. The maximum absolute atomic E-state index is 12.3. The number of carbonyl (C=O) groups excluding carboxylic acids is 3. The Balaban J connectivity index is 4.95. The van der Waals surface area contributed by atoms with Gasteiger partial charge in [-0.1, -0.05) is 13.2 Å². The zero-order valence-electron chi connectivity index (χ0n) is 15.1. The summed E-state index contributed by atoms with van der Waals surface area (Å²) in [5, 5.41) is 0.